The van der Waals surface area contributed by atoms with Crippen LogP contribution in [0.4, 0.5) is 10.5 Å². The first-order chi connectivity index (χ1) is 27.5. The number of aromatic nitrogens is 4. The topological polar surface area (TPSA) is 215 Å². The lowest BCUT2D eigenvalue weighted by atomic mass is 10.00. The van der Waals surface area contributed by atoms with Gasteiger partial charge in [-0.15, -0.1) is 16.9 Å². The first kappa shape index (κ1) is 39.0. The number of nitrogens with two attached hydrogens (primary N) is 1. The van der Waals surface area contributed by atoms with Crippen molar-refractivity contribution in [2.24, 2.45) is 7.05 Å². The lowest BCUT2D eigenvalue weighted by Crippen LogP contribution is -2.71. The highest BCUT2D eigenvalue weighted by atomic mass is 32.2. The summed E-state index contributed by atoms with van der Waals surface area (Å²) in [7, 11) is 1.69. The van der Waals surface area contributed by atoms with Crippen molar-refractivity contribution in [1.29, 1.82) is 0 Å². The maximum absolute atomic E-state index is 14.4. The maximum Gasteiger partial charge on any atom is 0.356 e. The van der Waals surface area contributed by atoms with Crippen molar-refractivity contribution in [3.05, 3.63) is 113 Å². The normalized spacial score (nSPS) is 18.6. The number of β-lactam (4-membered cyclic amide) rings is 1. The van der Waals surface area contributed by atoms with Crippen LogP contribution in [0.25, 0.3) is 0 Å². The molecular weight excluding hydrogens is 773 g/mol. The number of piperazine rings is 1. The Bertz CT molecular complexity index is 2180. The summed E-state index contributed by atoms with van der Waals surface area (Å²) in [5.41, 5.74) is 8.75. The number of esters is 1. The predicted octanol–water partition coefficient (Wildman–Crippen LogP) is 2.01. The van der Waals surface area contributed by atoms with Crippen LogP contribution in [0.15, 0.2) is 101 Å². The Kier molecular flexibility index (Phi) is 11.6. The van der Waals surface area contributed by atoms with E-state index in [0.29, 0.717) is 34.3 Å². The molecule has 2 saturated heterocycles. The van der Waals surface area contributed by atoms with Crippen LogP contribution in [-0.2, 0) is 35.8 Å². The molecule has 57 heavy (non-hydrogen) atoms. The number of tetrazole rings is 1. The number of likely N-dealkylation sites (N-methyl/N-ethyl adjacent to an activating group) is 1. The standard InChI is InChI=1S/C38H38N10O7S2/c1-3-46-18-19-47(34(52)33(46)51)37(54)41-27(22-14-16-26(39)17-15-22)31(49)40-28-32(50)48-29(25(20-56-35(28)48)21-57-38-42-43-44-45(38)2)36(53)55-30(23-10-6-4-7-11-23)24-12-8-5-9-13-24/h4-17,27-28,30,35H,3,18-21,39H2,1-2H3,(H,40,49)(H,41,54)/t27-,28-,35+/m1/s1. The molecule has 0 bridgehead atoms. The van der Waals surface area contributed by atoms with Crippen LogP contribution >= 0.6 is 23.5 Å². The van der Waals surface area contributed by atoms with Gasteiger partial charge >= 0.3 is 23.8 Å². The number of benzene rings is 3. The number of hydrogen-bond donors (Lipinski definition) is 3. The van der Waals surface area contributed by atoms with Crippen molar-refractivity contribution >= 4 is 64.8 Å². The van der Waals surface area contributed by atoms with Gasteiger partial charge in [0.15, 0.2) is 6.10 Å². The van der Waals surface area contributed by atoms with E-state index in [1.165, 1.54) is 50.1 Å². The van der Waals surface area contributed by atoms with Gasteiger partial charge in [0.05, 0.1) is 0 Å². The van der Waals surface area contributed by atoms with E-state index in [1.54, 1.807) is 26.1 Å². The number of nitrogens with zero attached hydrogens (tertiary/aromatic N) is 7. The van der Waals surface area contributed by atoms with Gasteiger partial charge in [-0.25, -0.2) is 14.3 Å². The number of fused-ring (bicyclic) bond motifs is 1. The second-order valence-corrected chi connectivity index (χ2v) is 15.3. The number of nitrogens with one attached hydrogen (secondary N) is 2. The fourth-order valence-electron chi connectivity index (χ4n) is 6.62. The summed E-state index contributed by atoms with van der Waals surface area (Å²) in [5, 5.41) is 16.7. The zero-order valence-electron chi connectivity index (χ0n) is 30.8. The molecule has 0 radical (unpaired) electrons. The number of ether oxygens (including phenoxy) is 1. The summed E-state index contributed by atoms with van der Waals surface area (Å²) >= 11 is 2.65. The van der Waals surface area contributed by atoms with Gasteiger partial charge in [0, 0.05) is 43.9 Å². The Morgan fingerprint density at radius 1 is 0.930 bits per heavy atom. The number of urea groups is 1. The van der Waals surface area contributed by atoms with Crippen LogP contribution in [0, 0.1) is 0 Å². The van der Waals surface area contributed by atoms with Crippen molar-refractivity contribution < 1.29 is 33.5 Å². The van der Waals surface area contributed by atoms with Crippen LogP contribution in [0.2, 0.25) is 0 Å². The number of anilines is 1. The average Bonchev–Trinajstić information content (AvgIpc) is 3.65. The second kappa shape index (κ2) is 16.9. The molecule has 0 aliphatic carbocycles. The lowest BCUT2D eigenvalue weighted by Gasteiger charge is -2.50. The van der Waals surface area contributed by atoms with Gasteiger partial charge in [0.1, 0.15) is 23.2 Å². The molecule has 0 saturated carbocycles. The van der Waals surface area contributed by atoms with E-state index in [0.717, 1.165) is 16.0 Å². The van der Waals surface area contributed by atoms with Crippen LogP contribution < -0.4 is 16.4 Å². The van der Waals surface area contributed by atoms with Gasteiger partial charge < -0.3 is 26.0 Å². The number of carbonyl (C=O) groups excluding carboxylic acids is 6. The number of thioether (sulfide) groups is 2. The van der Waals surface area contributed by atoms with Crippen molar-refractivity contribution in [1.82, 2.24) is 45.5 Å². The van der Waals surface area contributed by atoms with Gasteiger partial charge in [-0.1, -0.05) is 84.6 Å². The highest BCUT2D eigenvalue weighted by Gasteiger charge is 2.55. The molecule has 2 fully saturated rings. The number of amides is 6. The third-order valence-electron chi connectivity index (χ3n) is 9.66. The van der Waals surface area contributed by atoms with Crippen LogP contribution in [0.5, 0.6) is 0 Å². The molecule has 0 spiro atoms. The predicted molar refractivity (Wildman–Crippen MR) is 208 cm³/mol. The van der Waals surface area contributed by atoms with Crippen molar-refractivity contribution in [3.8, 4) is 0 Å². The zero-order chi connectivity index (χ0) is 40.2. The van der Waals surface area contributed by atoms with Gasteiger partial charge in [-0.05, 0) is 51.7 Å². The maximum atomic E-state index is 14.4. The molecule has 17 nitrogen and oxygen atoms in total. The Labute approximate surface area is 335 Å². The molecule has 4 heterocycles. The van der Waals surface area contributed by atoms with E-state index >= 15 is 0 Å². The largest absolute Gasteiger partial charge is 0.448 e. The summed E-state index contributed by atoms with van der Waals surface area (Å²) in [4.78, 5) is 84.8. The summed E-state index contributed by atoms with van der Waals surface area (Å²) < 4.78 is 7.75. The number of hydrogen-bond acceptors (Lipinski definition) is 13. The summed E-state index contributed by atoms with van der Waals surface area (Å²) in [5.74, 6) is -3.31. The van der Waals surface area contributed by atoms with E-state index in [9.17, 15) is 28.8 Å². The Morgan fingerprint density at radius 3 is 2.21 bits per heavy atom. The van der Waals surface area contributed by atoms with E-state index in [1.807, 2.05) is 60.7 Å². The van der Waals surface area contributed by atoms with E-state index in [4.69, 9.17) is 10.5 Å². The molecule has 7 rings (SSSR count). The highest BCUT2D eigenvalue weighted by molar-refractivity contribution is 8.01. The molecule has 4 aromatic rings. The first-order valence-corrected chi connectivity index (χ1v) is 20.0. The van der Waals surface area contributed by atoms with Crippen LogP contribution in [0.3, 0.4) is 0 Å². The molecular formula is C38H38N10O7S2. The molecule has 3 aliphatic rings. The van der Waals surface area contributed by atoms with Crippen molar-refractivity contribution in [2.45, 2.75) is 35.6 Å². The summed E-state index contributed by atoms with van der Waals surface area (Å²) in [6.07, 6.45) is -0.791. The van der Waals surface area contributed by atoms with Crippen LogP contribution in [0.1, 0.15) is 35.8 Å². The number of aryl methyl sites for hydroxylation is 1. The van der Waals surface area contributed by atoms with Gasteiger partial charge in [-0.3, -0.25) is 29.0 Å². The number of rotatable bonds is 12. The van der Waals surface area contributed by atoms with E-state index in [-0.39, 0.29) is 24.5 Å². The van der Waals surface area contributed by atoms with E-state index < -0.39 is 59.2 Å². The number of carbonyl (C=O) groups is 6. The first-order valence-electron chi connectivity index (χ1n) is 18.0. The zero-order valence-corrected chi connectivity index (χ0v) is 32.4. The van der Waals surface area contributed by atoms with Gasteiger partial charge in [0.2, 0.25) is 11.1 Å². The summed E-state index contributed by atoms with van der Waals surface area (Å²) in [6, 6.07) is 21.3. The molecule has 3 atom stereocenters. The monoisotopic (exact) mass is 810 g/mol. The fourth-order valence-corrected chi connectivity index (χ4v) is 8.96. The molecule has 1 aromatic heterocycles. The SMILES string of the molecule is CCN1CCN(C(=O)N[C@@H](C(=O)N[C@@H]2C(=O)N3C(C(=O)OC(c4ccccc4)c4ccccc4)=C(CSc4nnnn4C)CS[C@@H]23)c2ccc(N)cc2)C(=O)C1=O. The Morgan fingerprint density at radius 2 is 1.60 bits per heavy atom. The smallest absolute Gasteiger partial charge is 0.356 e. The van der Waals surface area contributed by atoms with Gasteiger partial charge in [0.25, 0.3) is 5.91 Å². The average molecular weight is 811 g/mol. The van der Waals surface area contributed by atoms with E-state index in [2.05, 4.69) is 26.2 Å². The van der Waals surface area contributed by atoms with Crippen LogP contribution in [-0.4, -0.2) is 113 Å². The quantitative estimate of drug-likeness (QED) is 0.0615. The minimum Gasteiger partial charge on any atom is -0.448 e. The third-order valence-corrected chi connectivity index (χ3v) is 12.1. The lowest BCUT2D eigenvalue weighted by molar-refractivity contribution is -0.155. The number of imide groups is 1. The molecule has 4 N–H and O–H groups in total. The Balaban J connectivity index is 1.14. The second-order valence-electron chi connectivity index (χ2n) is 13.2. The molecule has 3 aromatic carbocycles. The minimum absolute atomic E-state index is 0.0616. The van der Waals surface area contributed by atoms with Crippen molar-refractivity contribution in [2.75, 3.05) is 36.9 Å². The van der Waals surface area contributed by atoms with Crippen molar-refractivity contribution in [3.63, 3.8) is 0 Å². The fraction of sp³-hybridized carbons (Fsp3) is 0.289. The minimum atomic E-state index is -1.38. The number of nitrogen functional groups attached to an aromatic ring is 1. The third kappa shape index (κ3) is 8.06. The molecule has 3 aliphatic heterocycles. The molecule has 19 heteroatoms. The molecule has 294 valence electrons. The summed E-state index contributed by atoms with van der Waals surface area (Å²) in [6.45, 7) is 2.10. The highest BCUT2D eigenvalue weighted by Crippen LogP contribution is 2.43. The Hall–Kier alpha value is -6.21. The molecule has 6 amide bonds. The van der Waals surface area contributed by atoms with Gasteiger partial charge in [-0.2, -0.15) is 0 Å². The molecule has 0 unspecified atom stereocenters.